The first-order valence-electron chi connectivity index (χ1n) is 6.37. The highest BCUT2D eigenvalue weighted by molar-refractivity contribution is 5.93. The molecule has 0 radical (unpaired) electrons. The molecular formula is C14H16F3NO3. The molecule has 7 heteroatoms. The van der Waals surface area contributed by atoms with Crippen LogP contribution >= 0.6 is 0 Å². The molecule has 0 saturated carbocycles. The van der Waals surface area contributed by atoms with Crippen LogP contribution in [0.2, 0.25) is 0 Å². The normalized spacial score (nSPS) is 12.8. The molecule has 0 aromatic heterocycles. The van der Waals surface area contributed by atoms with Gasteiger partial charge in [-0.15, -0.1) is 0 Å². The predicted octanol–water partition coefficient (Wildman–Crippen LogP) is 3.17. The molecule has 21 heavy (non-hydrogen) atoms. The first-order valence-corrected chi connectivity index (χ1v) is 6.37. The number of alkyl halides is 3. The van der Waals surface area contributed by atoms with E-state index in [4.69, 9.17) is 5.11 Å². The minimum Gasteiger partial charge on any atom is -0.481 e. The van der Waals surface area contributed by atoms with Gasteiger partial charge in [-0.2, -0.15) is 13.2 Å². The third kappa shape index (κ3) is 4.47. The van der Waals surface area contributed by atoms with Crippen LogP contribution in [0.15, 0.2) is 24.3 Å². The van der Waals surface area contributed by atoms with E-state index in [0.717, 1.165) is 17.0 Å². The summed E-state index contributed by atoms with van der Waals surface area (Å²) in [6.07, 6.45) is -4.45. The molecule has 0 heterocycles. The van der Waals surface area contributed by atoms with Crippen LogP contribution in [-0.2, 0) is 15.8 Å². The van der Waals surface area contributed by atoms with Crippen LogP contribution in [0.4, 0.5) is 18.9 Å². The number of aliphatic carboxylic acids is 1. The zero-order valence-corrected chi connectivity index (χ0v) is 11.6. The fourth-order valence-electron chi connectivity index (χ4n) is 1.74. The summed E-state index contributed by atoms with van der Waals surface area (Å²) in [5.41, 5.74) is -0.832. The van der Waals surface area contributed by atoms with Crippen molar-refractivity contribution in [3.63, 3.8) is 0 Å². The summed E-state index contributed by atoms with van der Waals surface area (Å²) in [7, 11) is 0. The lowest BCUT2D eigenvalue weighted by Gasteiger charge is -2.25. The Balaban J connectivity index is 3.15. The maximum atomic E-state index is 12.7. The van der Waals surface area contributed by atoms with Crippen molar-refractivity contribution in [3.8, 4) is 0 Å². The Morgan fingerprint density at radius 3 is 2.43 bits per heavy atom. The maximum absolute atomic E-state index is 12.7. The smallest absolute Gasteiger partial charge is 0.416 e. The van der Waals surface area contributed by atoms with E-state index in [1.807, 2.05) is 0 Å². The van der Waals surface area contributed by atoms with Gasteiger partial charge in [0.15, 0.2) is 0 Å². The molecule has 0 aliphatic rings. The number of nitrogens with zero attached hydrogens (tertiary/aromatic N) is 1. The van der Waals surface area contributed by atoms with Crippen molar-refractivity contribution < 1.29 is 27.9 Å². The van der Waals surface area contributed by atoms with Gasteiger partial charge in [0.25, 0.3) is 0 Å². The standard InChI is InChI=1S/C14H16F3NO3/c1-3-12(19)18(8-9(2)13(20)21)11-6-4-5-10(7-11)14(15,16)17/h4-7,9H,3,8H2,1-2H3,(H,20,21). The number of rotatable bonds is 5. The molecule has 1 aromatic carbocycles. The number of carbonyl (C=O) groups is 2. The topological polar surface area (TPSA) is 57.6 Å². The molecule has 1 unspecified atom stereocenters. The van der Waals surface area contributed by atoms with Gasteiger partial charge in [-0.1, -0.05) is 19.9 Å². The van der Waals surface area contributed by atoms with Gasteiger partial charge < -0.3 is 10.0 Å². The number of carboxylic acids is 1. The van der Waals surface area contributed by atoms with Crippen molar-refractivity contribution in [2.24, 2.45) is 5.92 Å². The van der Waals surface area contributed by atoms with E-state index in [-0.39, 0.29) is 18.7 Å². The van der Waals surface area contributed by atoms with Gasteiger partial charge in [0, 0.05) is 18.7 Å². The third-order valence-electron chi connectivity index (χ3n) is 2.97. The number of carbonyl (C=O) groups excluding carboxylic acids is 1. The third-order valence-corrected chi connectivity index (χ3v) is 2.97. The molecule has 116 valence electrons. The van der Waals surface area contributed by atoms with E-state index >= 15 is 0 Å². The number of benzene rings is 1. The number of carboxylic acid groups (broad SMARTS) is 1. The second-order valence-corrected chi connectivity index (χ2v) is 4.65. The molecule has 0 saturated heterocycles. The monoisotopic (exact) mass is 303 g/mol. The average molecular weight is 303 g/mol. The lowest BCUT2D eigenvalue weighted by molar-refractivity contribution is -0.141. The van der Waals surface area contributed by atoms with Gasteiger partial charge in [-0.3, -0.25) is 9.59 Å². The average Bonchev–Trinajstić information content (AvgIpc) is 2.42. The molecule has 0 bridgehead atoms. The second kappa shape index (κ2) is 6.60. The molecule has 1 amide bonds. The molecular weight excluding hydrogens is 287 g/mol. The van der Waals surface area contributed by atoms with Crippen molar-refractivity contribution in [2.45, 2.75) is 26.4 Å². The first kappa shape index (κ1) is 17.0. The van der Waals surface area contributed by atoms with E-state index in [0.29, 0.717) is 0 Å². The van der Waals surface area contributed by atoms with E-state index in [9.17, 15) is 22.8 Å². The van der Waals surface area contributed by atoms with Crippen LogP contribution < -0.4 is 4.90 Å². The summed E-state index contributed by atoms with van der Waals surface area (Å²) < 4.78 is 38.1. The van der Waals surface area contributed by atoms with E-state index < -0.39 is 29.5 Å². The Labute approximate surface area is 120 Å². The summed E-state index contributed by atoms with van der Waals surface area (Å²) >= 11 is 0. The van der Waals surface area contributed by atoms with Gasteiger partial charge in [0.1, 0.15) is 0 Å². The Bertz CT molecular complexity index is 528. The lowest BCUT2D eigenvalue weighted by atomic mass is 10.1. The van der Waals surface area contributed by atoms with Crippen molar-refractivity contribution in [3.05, 3.63) is 29.8 Å². The van der Waals surface area contributed by atoms with Gasteiger partial charge in [0.05, 0.1) is 11.5 Å². The fourth-order valence-corrected chi connectivity index (χ4v) is 1.74. The Kier molecular flexibility index (Phi) is 5.34. The van der Waals surface area contributed by atoms with E-state index in [1.165, 1.54) is 19.1 Å². The maximum Gasteiger partial charge on any atom is 0.416 e. The number of halogens is 3. The number of hydrogen-bond donors (Lipinski definition) is 1. The zero-order chi connectivity index (χ0) is 16.2. The van der Waals surface area contributed by atoms with Crippen LogP contribution in [0, 0.1) is 5.92 Å². The Morgan fingerprint density at radius 1 is 1.33 bits per heavy atom. The van der Waals surface area contributed by atoms with Gasteiger partial charge in [0.2, 0.25) is 5.91 Å². The fraction of sp³-hybridized carbons (Fsp3) is 0.429. The van der Waals surface area contributed by atoms with Crippen LogP contribution in [0.5, 0.6) is 0 Å². The van der Waals surface area contributed by atoms with E-state index in [1.54, 1.807) is 6.92 Å². The quantitative estimate of drug-likeness (QED) is 0.909. The van der Waals surface area contributed by atoms with Crippen LogP contribution in [0.1, 0.15) is 25.8 Å². The number of amides is 1. The Hall–Kier alpha value is -2.05. The summed E-state index contributed by atoms with van der Waals surface area (Å²) in [5.74, 6) is -2.42. The molecule has 1 aromatic rings. The SMILES string of the molecule is CCC(=O)N(CC(C)C(=O)O)c1cccc(C(F)(F)F)c1. The molecule has 0 aliphatic carbocycles. The van der Waals surface area contributed by atoms with Crippen molar-refractivity contribution in [1.29, 1.82) is 0 Å². The van der Waals surface area contributed by atoms with Crippen LogP contribution in [-0.4, -0.2) is 23.5 Å². The zero-order valence-electron chi connectivity index (χ0n) is 11.6. The predicted molar refractivity (Wildman–Crippen MR) is 70.9 cm³/mol. The highest BCUT2D eigenvalue weighted by atomic mass is 19.4. The molecule has 0 aliphatic heterocycles. The summed E-state index contributed by atoms with van der Waals surface area (Å²) in [5, 5.41) is 8.90. The van der Waals surface area contributed by atoms with Crippen LogP contribution in [0.25, 0.3) is 0 Å². The summed E-state index contributed by atoms with van der Waals surface area (Å²) in [6, 6.07) is 4.30. The highest BCUT2D eigenvalue weighted by Crippen LogP contribution is 2.32. The first-order chi connectivity index (χ1) is 9.66. The number of anilines is 1. The van der Waals surface area contributed by atoms with Gasteiger partial charge in [-0.25, -0.2) is 0 Å². The van der Waals surface area contributed by atoms with Crippen LogP contribution in [0.3, 0.4) is 0 Å². The largest absolute Gasteiger partial charge is 0.481 e. The highest BCUT2D eigenvalue weighted by Gasteiger charge is 2.31. The van der Waals surface area contributed by atoms with E-state index in [2.05, 4.69) is 0 Å². The molecule has 0 fully saturated rings. The second-order valence-electron chi connectivity index (χ2n) is 4.65. The van der Waals surface area contributed by atoms with Crippen molar-refractivity contribution in [2.75, 3.05) is 11.4 Å². The minimum absolute atomic E-state index is 0.0461. The van der Waals surface area contributed by atoms with Gasteiger partial charge >= 0.3 is 12.1 Å². The molecule has 1 atom stereocenters. The molecule has 4 nitrogen and oxygen atoms in total. The minimum atomic E-state index is -4.52. The number of hydrogen-bond acceptors (Lipinski definition) is 2. The lowest BCUT2D eigenvalue weighted by Crippen LogP contribution is -2.36. The summed E-state index contributed by atoms with van der Waals surface area (Å²) in [4.78, 5) is 23.8. The molecule has 0 spiro atoms. The van der Waals surface area contributed by atoms with Gasteiger partial charge in [-0.05, 0) is 18.2 Å². The van der Waals surface area contributed by atoms with Crippen molar-refractivity contribution >= 4 is 17.6 Å². The van der Waals surface area contributed by atoms with Crippen molar-refractivity contribution in [1.82, 2.24) is 0 Å². The summed E-state index contributed by atoms with van der Waals surface area (Å²) in [6.45, 7) is 2.78. The molecule has 1 rings (SSSR count). The molecule has 1 N–H and O–H groups in total. The Morgan fingerprint density at radius 2 is 1.95 bits per heavy atom.